The van der Waals surface area contributed by atoms with Gasteiger partial charge >= 0.3 is 0 Å². The summed E-state index contributed by atoms with van der Waals surface area (Å²) in [6.45, 7) is 1.83. The number of nitrogens with zero attached hydrogens (tertiary/aromatic N) is 1. The van der Waals surface area contributed by atoms with Crippen LogP contribution in [0.1, 0.15) is 18.6 Å². The van der Waals surface area contributed by atoms with E-state index in [4.69, 9.17) is 4.42 Å². The molecule has 1 aromatic heterocycles. The molecule has 1 fully saturated rings. The molecule has 1 aliphatic heterocycles. The topological polar surface area (TPSA) is 45.5 Å². The summed E-state index contributed by atoms with van der Waals surface area (Å²) in [6, 6.07) is 4.07. The highest BCUT2D eigenvalue weighted by Gasteiger charge is 2.17. The van der Waals surface area contributed by atoms with Crippen molar-refractivity contribution < 1.29 is 9.21 Å². The summed E-state index contributed by atoms with van der Waals surface area (Å²) < 4.78 is 5.13. The first-order valence-corrected chi connectivity index (χ1v) is 5.96. The Balaban J connectivity index is 1.82. The van der Waals surface area contributed by atoms with Gasteiger partial charge in [-0.05, 0) is 37.6 Å². The lowest BCUT2D eigenvalue weighted by Gasteiger charge is -2.19. The number of rotatable bonds is 4. The first-order chi connectivity index (χ1) is 8.25. The number of carbonyl (C=O) groups excluding carboxylic acids is 1. The van der Waals surface area contributed by atoms with Crippen molar-refractivity contribution in [3.63, 3.8) is 0 Å². The smallest absolute Gasteiger partial charge is 0.246 e. The highest BCUT2D eigenvalue weighted by atomic mass is 16.3. The van der Waals surface area contributed by atoms with Gasteiger partial charge in [0.1, 0.15) is 5.76 Å². The summed E-state index contributed by atoms with van der Waals surface area (Å²) in [7, 11) is 1.83. The van der Waals surface area contributed by atoms with E-state index in [9.17, 15) is 4.79 Å². The molecule has 1 aromatic rings. The van der Waals surface area contributed by atoms with Gasteiger partial charge in [-0.2, -0.15) is 0 Å². The zero-order chi connectivity index (χ0) is 12.1. The van der Waals surface area contributed by atoms with Crippen LogP contribution in [0.15, 0.2) is 28.9 Å². The third kappa shape index (κ3) is 3.46. The van der Waals surface area contributed by atoms with Crippen molar-refractivity contribution in [3.05, 3.63) is 30.2 Å². The Morgan fingerprint density at radius 3 is 3.24 bits per heavy atom. The van der Waals surface area contributed by atoms with Crippen molar-refractivity contribution >= 4 is 12.0 Å². The third-order valence-corrected chi connectivity index (χ3v) is 2.97. The minimum absolute atomic E-state index is 0.00935. The molecule has 0 aromatic carbocycles. The van der Waals surface area contributed by atoms with Gasteiger partial charge in [-0.15, -0.1) is 0 Å². The number of carbonyl (C=O) groups is 1. The molecule has 1 N–H and O–H groups in total. The third-order valence-electron chi connectivity index (χ3n) is 2.97. The van der Waals surface area contributed by atoms with E-state index in [-0.39, 0.29) is 5.91 Å². The zero-order valence-corrected chi connectivity index (χ0v) is 10.1. The van der Waals surface area contributed by atoms with E-state index in [1.54, 1.807) is 29.4 Å². The second-order valence-electron chi connectivity index (χ2n) is 4.36. The largest absolute Gasteiger partial charge is 0.465 e. The quantitative estimate of drug-likeness (QED) is 0.803. The average Bonchev–Trinajstić information content (AvgIpc) is 2.98. The molecule has 0 bridgehead atoms. The summed E-state index contributed by atoms with van der Waals surface area (Å²) >= 11 is 0. The van der Waals surface area contributed by atoms with Crippen LogP contribution in [0, 0.1) is 0 Å². The second kappa shape index (κ2) is 5.68. The normalized spacial score (nSPS) is 19.9. The molecule has 2 heterocycles. The Labute approximate surface area is 101 Å². The average molecular weight is 234 g/mol. The predicted molar refractivity (Wildman–Crippen MR) is 66.4 cm³/mol. The van der Waals surface area contributed by atoms with Crippen molar-refractivity contribution in [2.75, 3.05) is 20.1 Å². The molecule has 92 valence electrons. The minimum atomic E-state index is 0.00935. The Morgan fingerprint density at radius 1 is 1.71 bits per heavy atom. The number of nitrogens with one attached hydrogen (secondary N) is 1. The standard InChI is InChI=1S/C13H18N2O2/c1-15(10-11-4-2-8-14-11)13(16)7-6-12-5-3-9-17-12/h3,5-7,9,11,14H,2,4,8,10H2,1H3/b7-6+. The van der Waals surface area contributed by atoms with Gasteiger partial charge in [0.2, 0.25) is 5.91 Å². The van der Waals surface area contributed by atoms with Crippen molar-refractivity contribution in [1.29, 1.82) is 0 Å². The summed E-state index contributed by atoms with van der Waals surface area (Å²) in [5.74, 6) is 0.709. The van der Waals surface area contributed by atoms with Gasteiger partial charge in [0, 0.05) is 25.7 Å². The number of amides is 1. The van der Waals surface area contributed by atoms with Crippen LogP contribution in [0.2, 0.25) is 0 Å². The predicted octanol–water partition coefficient (Wildman–Crippen LogP) is 1.50. The Hall–Kier alpha value is -1.55. The molecule has 17 heavy (non-hydrogen) atoms. The van der Waals surface area contributed by atoms with Gasteiger partial charge < -0.3 is 14.6 Å². The van der Waals surface area contributed by atoms with Crippen LogP contribution in [0.3, 0.4) is 0 Å². The molecule has 1 saturated heterocycles. The van der Waals surface area contributed by atoms with Crippen LogP contribution in [0.5, 0.6) is 0 Å². The van der Waals surface area contributed by atoms with Gasteiger partial charge in [0.05, 0.1) is 6.26 Å². The molecule has 0 aliphatic carbocycles. The second-order valence-corrected chi connectivity index (χ2v) is 4.36. The highest BCUT2D eigenvalue weighted by molar-refractivity contribution is 5.91. The number of furan rings is 1. The van der Waals surface area contributed by atoms with E-state index in [1.807, 2.05) is 13.1 Å². The molecule has 1 aliphatic rings. The maximum Gasteiger partial charge on any atom is 0.246 e. The molecule has 2 rings (SSSR count). The molecular formula is C13H18N2O2. The fraction of sp³-hybridized carbons (Fsp3) is 0.462. The fourth-order valence-electron chi connectivity index (χ4n) is 2.00. The molecule has 4 heteroatoms. The summed E-state index contributed by atoms with van der Waals surface area (Å²) in [6.07, 6.45) is 7.19. The van der Waals surface area contributed by atoms with Crippen LogP contribution in [-0.2, 0) is 4.79 Å². The van der Waals surface area contributed by atoms with Crippen LogP contribution in [0.25, 0.3) is 6.08 Å². The Bertz CT molecular complexity index is 378. The lowest BCUT2D eigenvalue weighted by Crippen LogP contribution is -2.37. The Morgan fingerprint density at radius 2 is 2.59 bits per heavy atom. The van der Waals surface area contributed by atoms with Crippen LogP contribution >= 0.6 is 0 Å². The fourth-order valence-corrected chi connectivity index (χ4v) is 2.00. The Kier molecular flexibility index (Phi) is 3.98. The summed E-state index contributed by atoms with van der Waals surface area (Å²) in [4.78, 5) is 13.5. The number of hydrogen-bond donors (Lipinski definition) is 1. The SMILES string of the molecule is CN(CC1CCCN1)C(=O)/C=C/c1ccco1. The maximum absolute atomic E-state index is 11.8. The van der Waals surface area contributed by atoms with Gasteiger partial charge in [-0.3, -0.25) is 4.79 Å². The van der Waals surface area contributed by atoms with E-state index >= 15 is 0 Å². The van der Waals surface area contributed by atoms with E-state index < -0.39 is 0 Å². The lowest BCUT2D eigenvalue weighted by atomic mass is 10.2. The van der Waals surface area contributed by atoms with E-state index in [2.05, 4.69) is 5.32 Å². The van der Waals surface area contributed by atoms with Crippen molar-refractivity contribution in [2.24, 2.45) is 0 Å². The minimum Gasteiger partial charge on any atom is -0.465 e. The first kappa shape index (κ1) is 11.9. The van der Waals surface area contributed by atoms with Crippen molar-refractivity contribution in [1.82, 2.24) is 10.2 Å². The summed E-state index contributed by atoms with van der Waals surface area (Å²) in [5.41, 5.74) is 0. The van der Waals surface area contributed by atoms with E-state index in [0.717, 1.165) is 19.5 Å². The molecule has 4 nitrogen and oxygen atoms in total. The van der Waals surface area contributed by atoms with Gasteiger partial charge in [0.15, 0.2) is 0 Å². The highest BCUT2D eigenvalue weighted by Crippen LogP contribution is 2.07. The van der Waals surface area contributed by atoms with Crippen LogP contribution in [0.4, 0.5) is 0 Å². The monoisotopic (exact) mass is 234 g/mol. The van der Waals surface area contributed by atoms with Crippen LogP contribution < -0.4 is 5.32 Å². The molecule has 0 spiro atoms. The molecule has 0 saturated carbocycles. The van der Waals surface area contributed by atoms with E-state index in [1.165, 1.54) is 6.42 Å². The maximum atomic E-state index is 11.8. The number of hydrogen-bond acceptors (Lipinski definition) is 3. The molecule has 1 atom stereocenters. The number of likely N-dealkylation sites (N-methyl/N-ethyl adjacent to an activating group) is 1. The van der Waals surface area contributed by atoms with E-state index in [0.29, 0.717) is 11.8 Å². The molecule has 0 radical (unpaired) electrons. The molecule has 1 unspecified atom stereocenters. The summed E-state index contributed by atoms with van der Waals surface area (Å²) in [5, 5.41) is 3.38. The molecular weight excluding hydrogens is 216 g/mol. The van der Waals surface area contributed by atoms with Gasteiger partial charge in [0.25, 0.3) is 0 Å². The molecule has 1 amide bonds. The van der Waals surface area contributed by atoms with Crippen molar-refractivity contribution in [3.8, 4) is 0 Å². The zero-order valence-electron chi connectivity index (χ0n) is 10.1. The van der Waals surface area contributed by atoms with Gasteiger partial charge in [-0.1, -0.05) is 0 Å². The van der Waals surface area contributed by atoms with Crippen LogP contribution in [-0.4, -0.2) is 37.0 Å². The van der Waals surface area contributed by atoms with Crippen molar-refractivity contribution in [2.45, 2.75) is 18.9 Å². The lowest BCUT2D eigenvalue weighted by molar-refractivity contribution is -0.125. The first-order valence-electron chi connectivity index (χ1n) is 5.96. The van der Waals surface area contributed by atoms with Gasteiger partial charge in [-0.25, -0.2) is 0 Å².